The van der Waals surface area contributed by atoms with Crippen molar-refractivity contribution in [2.24, 2.45) is 0 Å². The summed E-state index contributed by atoms with van der Waals surface area (Å²) in [5.74, 6) is -10.2. The molecule has 0 aliphatic heterocycles. The maximum Gasteiger partial charge on any atom is 0.288 e. The Morgan fingerprint density at radius 2 is 1.04 bits per heavy atom. The van der Waals surface area contributed by atoms with Crippen LogP contribution in [0.1, 0.15) is 47.8 Å². The molecular weight excluding hydrogens is 681 g/mol. The molecule has 6 aromatic carbocycles. The van der Waals surface area contributed by atoms with Crippen molar-refractivity contribution in [1.29, 1.82) is 0 Å². The third kappa shape index (κ3) is 5.47. The molecule has 264 valence electrons. The quantitative estimate of drug-likeness (QED) is 0.160. The zero-order chi connectivity index (χ0) is 37.2. The van der Waals surface area contributed by atoms with Gasteiger partial charge in [-0.15, -0.1) is 0 Å². The summed E-state index contributed by atoms with van der Waals surface area (Å²) in [6.07, 6.45) is 0. The number of hydrogen-bond donors (Lipinski definition) is 0. The standard InChI is InChI=1S/C48H34F4N2/c1-46(2,42-19-11-18-40(53-42)36-24-22-32-20-23-35(27-38(32)28-36)30-12-5-3-6-13-30)45-43-39(47(49,50)44(48(43,51)52)33-15-7-4-8-16-33)29-41(54-45)37-25-21-31-14-9-10-17-34(31)26-37/h3-29,44H,1-2H3. The van der Waals surface area contributed by atoms with Crippen molar-refractivity contribution in [1.82, 2.24) is 9.97 Å². The van der Waals surface area contributed by atoms with Crippen molar-refractivity contribution < 1.29 is 17.6 Å². The fraction of sp³-hybridized carbons (Fsp3) is 0.125. The molecule has 9 rings (SSSR count). The lowest BCUT2D eigenvalue weighted by molar-refractivity contribution is -0.120. The number of halogens is 4. The van der Waals surface area contributed by atoms with Gasteiger partial charge in [0.25, 0.3) is 11.8 Å². The van der Waals surface area contributed by atoms with Crippen LogP contribution in [0.3, 0.4) is 0 Å². The first kappa shape index (κ1) is 33.7. The average molecular weight is 715 g/mol. The molecule has 0 saturated carbocycles. The van der Waals surface area contributed by atoms with Gasteiger partial charge >= 0.3 is 0 Å². The van der Waals surface area contributed by atoms with Crippen LogP contribution in [-0.2, 0) is 17.3 Å². The largest absolute Gasteiger partial charge is 0.288 e. The fourth-order valence-electron chi connectivity index (χ4n) is 7.97. The van der Waals surface area contributed by atoms with E-state index in [1.54, 1.807) is 32.0 Å². The second-order valence-corrected chi connectivity index (χ2v) is 14.6. The molecule has 1 aliphatic carbocycles. The number of nitrogens with zero attached hydrogens (tertiary/aromatic N) is 2. The Balaban J connectivity index is 1.21. The maximum atomic E-state index is 16.9. The molecule has 2 aromatic heterocycles. The van der Waals surface area contributed by atoms with E-state index in [9.17, 15) is 0 Å². The minimum atomic E-state index is -3.94. The Bertz CT molecular complexity index is 2710. The maximum absolute atomic E-state index is 16.9. The summed E-state index contributed by atoms with van der Waals surface area (Å²) in [6, 6.07) is 49.8. The second kappa shape index (κ2) is 12.5. The lowest BCUT2D eigenvalue weighted by Crippen LogP contribution is -2.30. The van der Waals surface area contributed by atoms with Gasteiger partial charge in [0.1, 0.15) is 5.92 Å². The van der Waals surface area contributed by atoms with Crippen molar-refractivity contribution in [3.05, 3.63) is 192 Å². The molecule has 6 heteroatoms. The Kier molecular flexibility index (Phi) is 7.78. The van der Waals surface area contributed by atoms with Crippen LogP contribution in [0.2, 0.25) is 0 Å². The fourth-order valence-corrected chi connectivity index (χ4v) is 7.97. The van der Waals surface area contributed by atoms with E-state index in [1.165, 1.54) is 30.3 Å². The molecular formula is C48H34F4N2. The summed E-state index contributed by atoms with van der Waals surface area (Å²) < 4.78 is 67.3. The summed E-state index contributed by atoms with van der Waals surface area (Å²) in [6.45, 7) is 3.48. The highest BCUT2D eigenvalue weighted by atomic mass is 19.3. The number of hydrogen-bond acceptors (Lipinski definition) is 2. The third-order valence-corrected chi connectivity index (χ3v) is 10.8. The Hall–Kier alpha value is -6.14. The molecule has 54 heavy (non-hydrogen) atoms. The van der Waals surface area contributed by atoms with E-state index in [4.69, 9.17) is 9.97 Å². The monoisotopic (exact) mass is 714 g/mol. The molecule has 0 N–H and O–H groups in total. The first-order valence-corrected chi connectivity index (χ1v) is 18.0. The highest BCUT2D eigenvalue weighted by Gasteiger charge is 2.67. The van der Waals surface area contributed by atoms with E-state index in [2.05, 4.69) is 36.4 Å². The highest BCUT2D eigenvalue weighted by molar-refractivity contribution is 5.91. The minimum Gasteiger partial charge on any atom is -0.252 e. The number of benzene rings is 6. The summed E-state index contributed by atoms with van der Waals surface area (Å²) in [4.78, 5) is 9.92. The van der Waals surface area contributed by atoms with Crippen LogP contribution < -0.4 is 0 Å². The molecule has 1 atom stereocenters. The Labute approximate surface area is 310 Å². The second-order valence-electron chi connectivity index (χ2n) is 14.6. The van der Waals surface area contributed by atoms with E-state index in [0.717, 1.165) is 38.2 Å². The van der Waals surface area contributed by atoms with Gasteiger partial charge in [-0.3, -0.25) is 9.97 Å². The number of fused-ring (bicyclic) bond motifs is 3. The zero-order valence-electron chi connectivity index (χ0n) is 29.6. The van der Waals surface area contributed by atoms with Crippen LogP contribution >= 0.6 is 0 Å². The highest BCUT2D eigenvalue weighted by Crippen LogP contribution is 2.64. The van der Waals surface area contributed by atoms with Gasteiger partial charge in [0.05, 0.1) is 28.3 Å². The van der Waals surface area contributed by atoms with Crippen LogP contribution in [0.25, 0.3) is 55.2 Å². The normalized spacial score (nSPS) is 16.1. The van der Waals surface area contributed by atoms with Crippen LogP contribution in [0.15, 0.2) is 164 Å². The SMILES string of the molecule is CC(C)(c1cccc(-c2ccc3ccc(-c4ccccc4)cc3c2)n1)c1nc(-c2ccc3ccccc3c2)cc2c1C(F)(F)C(c1ccccc1)C2(F)F. The van der Waals surface area contributed by atoms with Crippen LogP contribution in [-0.4, -0.2) is 9.97 Å². The average Bonchev–Trinajstić information content (AvgIpc) is 3.37. The predicted molar refractivity (Wildman–Crippen MR) is 209 cm³/mol. The predicted octanol–water partition coefficient (Wildman–Crippen LogP) is 13.1. The van der Waals surface area contributed by atoms with E-state index >= 15 is 17.6 Å². The smallest absolute Gasteiger partial charge is 0.252 e. The lowest BCUT2D eigenvalue weighted by Gasteiger charge is -2.29. The molecule has 0 amide bonds. The third-order valence-electron chi connectivity index (χ3n) is 10.8. The van der Waals surface area contributed by atoms with E-state index in [0.29, 0.717) is 17.0 Å². The molecule has 2 nitrogen and oxygen atoms in total. The van der Waals surface area contributed by atoms with Crippen molar-refractivity contribution in [3.63, 3.8) is 0 Å². The van der Waals surface area contributed by atoms with Crippen molar-refractivity contribution in [2.45, 2.75) is 37.0 Å². The van der Waals surface area contributed by atoms with Gasteiger partial charge in [0.2, 0.25) is 0 Å². The molecule has 0 fully saturated rings. The van der Waals surface area contributed by atoms with Gasteiger partial charge in [-0.2, -0.15) is 0 Å². The zero-order valence-corrected chi connectivity index (χ0v) is 29.6. The van der Waals surface area contributed by atoms with Crippen molar-refractivity contribution in [3.8, 4) is 33.6 Å². The minimum absolute atomic E-state index is 0.123. The van der Waals surface area contributed by atoms with E-state index < -0.39 is 34.3 Å². The number of alkyl halides is 4. The first-order valence-electron chi connectivity index (χ1n) is 18.0. The lowest BCUT2D eigenvalue weighted by atomic mass is 9.80. The van der Waals surface area contributed by atoms with Crippen molar-refractivity contribution >= 4 is 21.5 Å². The van der Waals surface area contributed by atoms with E-state index in [1.807, 2.05) is 78.9 Å². The van der Waals surface area contributed by atoms with Gasteiger partial charge in [-0.25, -0.2) is 17.6 Å². The molecule has 2 heterocycles. The summed E-state index contributed by atoms with van der Waals surface area (Å²) >= 11 is 0. The first-order chi connectivity index (χ1) is 26.0. The van der Waals surface area contributed by atoms with Crippen LogP contribution in [0.5, 0.6) is 0 Å². The Morgan fingerprint density at radius 3 is 1.76 bits per heavy atom. The number of aromatic nitrogens is 2. The van der Waals surface area contributed by atoms with Gasteiger partial charge in [-0.05, 0) is 88.5 Å². The summed E-state index contributed by atoms with van der Waals surface area (Å²) in [7, 11) is 0. The number of rotatable bonds is 6. The van der Waals surface area contributed by atoms with Crippen LogP contribution in [0.4, 0.5) is 17.6 Å². The molecule has 1 unspecified atom stereocenters. The molecule has 8 aromatic rings. The van der Waals surface area contributed by atoms with Crippen LogP contribution in [0, 0.1) is 0 Å². The topological polar surface area (TPSA) is 25.8 Å². The number of pyridine rings is 2. The van der Waals surface area contributed by atoms with Gasteiger partial charge in [-0.1, -0.05) is 127 Å². The summed E-state index contributed by atoms with van der Waals surface area (Å²) in [5, 5.41) is 3.95. The molecule has 0 spiro atoms. The molecule has 1 aliphatic rings. The van der Waals surface area contributed by atoms with Gasteiger partial charge in [0.15, 0.2) is 0 Å². The Morgan fingerprint density at radius 1 is 0.463 bits per heavy atom. The van der Waals surface area contributed by atoms with Gasteiger partial charge in [0, 0.05) is 22.1 Å². The molecule has 0 radical (unpaired) electrons. The molecule has 0 saturated heterocycles. The molecule has 0 bridgehead atoms. The van der Waals surface area contributed by atoms with Gasteiger partial charge < -0.3 is 0 Å². The summed E-state index contributed by atoms with van der Waals surface area (Å²) in [5.41, 5.74) is 1.85. The van der Waals surface area contributed by atoms with E-state index in [-0.39, 0.29) is 17.0 Å². The van der Waals surface area contributed by atoms with Crippen molar-refractivity contribution in [2.75, 3.05) is 0 Å².